The van der Waals surface area contributed by atoms with E-state index in [1.165, 1.54) is 4.57 Å². The molecule has 1 aromatic heterocycles. The van der Waals surface area contributed by atoms with Crippen molar-refractivity contribution in [1.29, 1.82) is 0 Å². The molecular formula is C16H17BrN2O3S. The molecule has 0 spiro atoms. The van der Waals surface area contributed by atoms with Gasteiger partial charge in [0.15, 0.2) is 0 Å². The average molecular weight is 397 g/mol. The first kappa shape index (κ1) is 17.7. The highest BCUT2D eigenvalue weighted by Crippen LogP contribution is 2.17. The molecule has 0 unspecified atom stereocenters. The van der Waals surface area contributed by atoms with E-state index in [0.29, 0.717) is 17.2 Å². The van der Waals surface area contributed by atoms with Crippen molar-refractivity contribution >= 4 is 39.2 Å². The van der Waals surface area contributed by atoms with Crippen molar-refractivity contribution in [3.63, 3.8) is 0 Å². The Balaban J connectivity index is 2.32. The predicted molar refractivity (Wildman–Crippen MR) is 95.6 cm³/mol. The normalized spacial score (nSPS) is 12.0. The van der Waals surface area contributed by atoms with Crippen molar-refractivity contribution < 1.29 is 9.32 Å². The third kappa shape index (κ3) is 4.45. The Labute approximate surface area is 146 Å². The Hall–Kier alpha value is -1.60. The maximum absolute atomic E-state index is 12.5. The zero-order valence-corrected chi connectivity index (χ0v) is 15.5. The number of aromatic nitrogens is 2. The van der Waals surface area contributed by atoms with Gasteiger partial charge >= 0.3 is 5.76 Å². The molecule has 122 valence electrons. The zero-order valence-electron chi connectivity index (χ0n) is 13.1. The summed E-state index contributed by atoms with van der Waals surface area (Å²) in [4.78, 5) is 24.4. The second-order valence-corrected chi connectivity index (χ2v) is 7.25. The Morgan fingerprint density at radius 3 is 2.65 bits per heavy atom. The summed E-state index contributed by atoms with van der Waals surface area (Å²) in [5, 5.41) is 5.49. The maximum atomic E-state index is 12.5. The van der Waals surface area contributed by atoms with Crippen LogP contribution in [-0.2, 0) is 0 Å². The lowest BCUT2D eigenvalue weighted by molar-refractivity contribution is 0.102. The summed E-state index contributed by atoms with van der Waals surface area (Å²) < 4.78 is 6.76. The number of hydrogen-bond donors (Lipinski definition) is 0. The Morgan fingerprint density at radius 1 is 1.39 bits per heavy atom. The highest BCUT2D eigenvalue weighted by Gasteiger charge is 2.21. The molecule has 0 aliphatic carbocycles. The highest BCUT2D eigenvalue weighted by atomic mass is 79.9. The van der Waals surface area contributed by atoms with Crippen molar-refractivity contribution in [2.45, 2.75) is 20.8 Å². The predicted octanol–water partition coefficient (Wildman–Crippen LogP) is 4.04. The van der Waals surface area contributed by atoms with Gasteiger partial charge in [-0.15, -0.1) is 11.8 Å². The zero-order chi connectivity index (χ0) is 17.0. The lowest BCUT2D eigenvalue weighted by Crippen LogP contribution is -2.18. The van der Waals surface area contributed by atoms with Crippen LogP contribution in [0.3, 0.4) is 0 Å². The van der Waals surface area contributed by atoms with Crippen LogP contribution < -0.4 is 5.76 Å². The fraction of sp³-hybridized carbons (Fsp3) is 0.312. The van der Waals surface area contributed by atoms with Crippen LogP contribution in [0.15, 0.2) is 43.5 Å². The van der Waals surface area contributed by atoms with E-state index >= 15 is 0 Å². The number of carbonyl (C=O) groups excluding carboxylic acids is 1. The largest absolute Gasteiger partial charge is 0.446 e. The molecule has 1 heterocycles. The van der Waals surface area contributed by atoms with Crippen LogP contribution in [0.5, 0.6) is 0 Å². The first-order chi connectivity index (χ1) is 10.9. The quantitative estimate of drug-likeness (QED) is 0.689. The molecule has 0 N–H and O–H groups in total. The number of nitrogens with zero attached hydrogens (tertiary/aromatic N) is 2. The summed E-state index contributed by atoms with van der Waals surface area (Å²) in [7, 11) is 0. The third-order valence-electron chi connectivity index (χ3n) is 2.95. The van der Waals surface area contributed by atoms with Gasteiger partial charge in [0.25, 0.3) is 0 Å². The first-order valence-electron chi connectivity index (χ1n) is 7.08. The molecule has 0 aliphatic heterocycles. The summed E-state index contributed by atoms with van der Waals surface area (Å²) in [6.45, 7) is 5.98. The summed E-state index contributed by atoms with van der Waals surface area (Å²) in [5.41, 5.74) is 1.06. The van der Waals surface area contributed by atoms with Gasteiger partial charge in [-0.2, -0.15) is 0 Å². The topological polar surface area (TPSA) is 65.1 Å². The Morgan fingerprint density at radius 2 is 2.04 bits per heavy atom. The highest BCUT2D eigenvalue weighted by molar-refractivity contribution is 9.10. The molecule has 0 fully saturated rings. The fourth-order valence-electron chi connectivity index (χ4n) is 1.85. The Kier molecular flexibility index (Phi) is 6.01. The summed E-state index contributed by atoms with van der Waals surface area (Å²) in [5.74, 6) is 0.422. The van der Waals surface area contributed by atoms with Gasteiger partial charge in [0.05, 0.1) is 0 Å². The van der Waals surface area contributed by atoms with Gasteiger partial charge in [-0.1, -0.05) is 34.9 Å². The molecule has 0 radical (unpaired) electrons. The smallest absolute Gasteiger partial charge is 0.295 e. The number of thioether (sulfide) groups is 1. The fourth-order valence-corrected chi connectivity index (χ4v) is 2.94. The van der Waals surface area contributed by atoms with Crippen molar-refractivity contribution in [2.75, 3.05) is 5.75 Å². The Bertz CT molecular complexity index is 775. The standard InChI is InChI=1S/C16H17BrN2O3S/c1-10(2)8-23-9-11(3)19-15(18-22-16(19)21)14(20)12-4-6-13(17)7-5-12/h4-7,9-10H,8H2,1-3H3/b11-9+. The maximum Gasteiger partial charge on any atom is 0.446 e. The molecule has 0 bridgehead atoms. The molecule has 2 aromatic rings. The second-order valence-electron chi connectivity index (χ2n) is 5.43. The van der Waals surface area contributed by atoms with E-state index in [0.717, 1.165) is 10.2 Å². The van der Waals surface area contributed by atoms with Gasteiger partial charge in [-0.05, 0) is 48.3 Å². The molecule has 0 aliphatic rings. The van der Waals surface area contributed by atoms with E-state index in [-0.39, 0.29) is 11.6 Å². The minimum absolute atomic E-state index is 0.0174. The molecule has 0 saturated carbocycles. The molecule has 23 heavy (non-hydrogen) atoms. The summed E-state index contributed by atoms with van der Waals surface area (Å²) in [6, 6.07) is 6.86. The van der Waals surface area contributed by atoms with Crippen molar-refractivity contribution in [2.24, 2.45) is 5.92 Å². The van der Waals surface area contributed by atoms with E-state index in [1.807, 2.05) is 5.41 Å². The molecule has 2 rings (SSSR count). The van der Waals surface area contributed by atoms with Crippen LogP contribution in [-0.4, -0.2) is 21.3 Å². The number of hydrogen-bond acceptors (Lipinski definition) is 5. The molecular weight excluding hydrogens is 380 g/mol. The summed E-state index contributed by atoms with van der Waals surface area (Å²) in [6.07, 6.45) is 0. The number of benzene rings is 1. The van der Waals surface area contributed by atoms with Crippen LogP contribution in [0.25, 0.3) is 5.70 Å². The van der Waals surface area contributed by atoms with Gasteiger partial charge < -0.3 is 0 Å². The first-order valence-corrected chi connectivity index (χ1v) is 8.92. The number of ketones is 1. The van der Waals surface area contributed by atoms with E-state index in [2.05, 4.69) is 39.5 Å². The van der Waals surface area contributed by atoms with Gasteiger partial charge in [0, 0.05) is 15.7 Å². The van der Waals surface area contributed by atoms with E-state index in [4.69, 9.17) is 0 Å². The van der Waals surface area contributed by atoms with Crippen molar-refractivity contribution in [3.05, 3.63) is 56.1 Å². The average Bonchev–Trinajstić information content (AvgIpc) is 2.88. The van der Waals surface area contributed by atoms with Gasteiger partial charge in [0.1, 0.15) is 0 Å². The van der Waals surface area contributed by atoms with Crippen LogP contribution >= 0.6 is 27.7 Å². The number of rotatable bonds is 6. The van der Waals surface area contributed by atoms with Crippen LogP contribution in [0.1, 0.15) is 37.0 Å². The number of allylic oxidation sites excluding steroid dienone is 1. The second kappa shape index (κ2) is 7.79. The lowest BCUT2D eigenvalue weighted by Gasteiger charge is -2.05. The van der Waals surface area contributed by atoms with Crippen LogP contribution in [0, 0.1) is 5.92 Å². The molecule has 0 saturated heterocycles. The van der Waals surface area contributed by atoms with Crippen LogP contribution in [0.2, 0.25) is 0 Å². The van der Waals surface area contributed by atoms with Gasteiger partial charge in [-0.3, -0.25) is 9.32 Å². The molecule has 1 aromatic carbocycles. The molecule has 0 atom stereocenters. The minimum Gasteiger partial charge on any atom is -0.295 e. The number of carbonyl (C=O) groups is 1. The van der Waals surface area contributed by atoms with Gasteiger partial charge in [0.2, 0.25) is 11.6 Å². The molecule has 5 nitrogen and oxygen atoms in total. The van der Waals surface area contributed by atoms with Crippen LogP contribution in [0.4, 0.5) is 0 Å². The minimum atomic E-state index is -0.663. The number of halogens is 1. The molecule has 0 amide bonds. The molecule has 7 heteroatoms. The van der Waals surface area contributed by atoms with E-state index in [9.17, 15) is 9.59 Å². The van der Waals surface area contributed by atoms with Crippen molar-refractivity contribution in [1.82, 2.24) is 9.72 Å². The van der Waals surface area contributed by atoms with E-state index < -0.39 is 5.76 Å². The SMILES string of the molecule is C/C(=C\SCC(C)C)n1c(C(=O)c2ccc(Br)cc2)noc1=O. The third-order valence-corrected chi connectivity index (χ3v) is 4.85. The summed E-state index contributed by atoms with van der Waals surface area (Å²) >= 11 is 4.91. The van der Waals surface area contributed by atoms with E-state index in [1.54, 1.807) is 43.0 Å². The van der Waals surface area contributed by atoms with Crippen molar-refractivity contribution in [3.8, 4) is 0 Å². The monoisotopic (exact) mass is 396 g/mol. The van der Waals surface area contributed by atoms with Gasteiger partial charge in [-0.25, -0.2) is 9.36 Å². The lowest BCUT2D eigenvalue weighted by atomic mass is 10.1.